The number of pyridine rings is 1. The second-order valence-electron chi connectivity index (χ2n) is 7.09. The Bertz CT molecular complexity index is 537. The standard InChI is InChI=1S/C17H27ClN4O2/c1-17(2,3)14(24-4)12-20-16(23)22-9-7-21(8-10-22)15-6-5-13(18)11-19-15/h5-6,11,14H,7-10,12H2,1-4H3,(H,20,23)/t14-/m1/s1. The van der Waals surface area contributed by atoms with Crippen LogP contribution >= 0.6 is 11.6 Å². The largest absolute Gasteiger partial charge is 0.379 e. The fourth-order valence-corrected chi connectivity index (χ4v) is 2.84. The van der Waals surface area contributed by atoms with Crippen molar-refractivity contribution in [3.8, 4) is 0 Å². The Morgan fingerprint density at radius 2 is 2.00 bits per heavy atom. The number of carbonyl (C=O) groups excluding carboxylic acids is 1. The zero-order valence-electron chi connectivity index (χ0n) is 14.9. The molecule has 1 N–H and O–H groups in total. The van der Waals surface area contributed by atoms with E-state index in [4.69, 9.17) is 16.3 Å². The zero-order valence-corrected chi connectivity index (χ0v) is 15.6. The van der Waals surface area contributed by atoms with Gasteiger partial charge in [-0.3, -0.25) is 0 Å². The molecule has 0 spiro atoms. The predicted molar refractivity (Wildman–Crippen MR) is 96.7 cm³/mol. The van der Waals surface area contributed by atoms with Gasteiger partial charge >= 0.3 is 6.03 Å². The lowest BCUT2D eigenvalue weighted by Gasteiger charge is -2.36. The van der Waals surface area contributed by atoms with E-state index in [2.05, 4.69) is 36.0 Å². The Labute approximate surface area is 149 Å². The van der Waals surface area contributed by atoms with Crippen LogP contribution in [0.25, 0.3) is 0 Å². The topological polar surface area (TPSA) is 57.7 Å². The number of urea groups is 1. The third-order valence-corrected chi connectivity index (χ3v) is 4.52. The van der Waals surface area contributed by atoms with Crippen LogP contribution in [0.2, 0.25) is 5.02 Å². The molecular weight excluding hydrogens is 328 g/mol. The first-order valence-electron chi connectivity index (χ1n) is 8.23. The van der Waals surface area contributed by atoms with E-state index in [0.29, 0.717) is 24.7 Å². The summed E-state index contributed by atoms with van der Waals surface area (Å²) in [7, 11) is 1.68. The van der Waals surface area contributed by atoms with Crippen molar-refractivity contribution in [1.29, 1.82) is 0 Å². The summed E-state index contributed by atoms with van der Waals surface area (Å²) in [5.41, 5.74) is -0.0129. The average Bonchev–Trinajstić information content (AvgIpc) is 2.55. The number of nitrogens with zero attached hydrogens (tertiary/aromatic N) is 3. The molecule has 0 radical (unpaired) electrons. The number of halogens is 1. The minimum atomic E-state index is -0.0370. The van der Waals surface area contributed by atoms with Crippen molar-refractivity contribution in [2.75, 3.05) is 44.7 Å². The average molecular weight is 355 g/mol. The van der Waals surface area contributed by atoms with Gasteiger partial charge in [0.1, 0.15) is 5.82 Å². The number of amides is 2. The molecule has 134 valence electrons. The smallest absolute Gasteiger partial charge is 0.317 e. The van der Waals surface area contributed by atoms with E-state index in [1.807, 2.05) is 17.0 Å². The lowest BCUT2D eigenvalue weighted by Crippen LogP contribution is -2.53. The maximum absolute atomic E-state index is 12.3. The number of rotatable bonds is 4. The molecule has 0 aromatic carbocycles. The highest BCUT2D eigenvalue weighted by atomic mass is 35.5. The predicted octanol–water partition coefficient (Wildman–Crippen LogP) is 2.63. The van der Waals surface area contributed by atoms with Crippen molar-refractivity contribution in [3.05, 3.63) is 23.4 Å². The summed E-state index contributed by atoms with van der Waals surface area (Å²) in [6, 6.07) is 3.70. The van der Waals surface area contributed by atoms with Gasteiger partial charge in [-0.2, -0.15) is 0 Å². The molecule has 1 aliphatic heterocycles. The van der Waals surface area contributed by atoms with Gasteiger partial charge in [-0.25, -0.2) is 9.78 Å². The summed E-state index contributed by atoms with van der Waals surface area (Å²) in [6.07, 6.45) is 1.63. The summed E-state index contributed by atoms with van der Waals surface area (Å²) < 4.78 is 5.48. The Balaban J connectivity index is 1.81. The molecule has 1 aromatic heterocycles. The summed E-state index contributed by atoms with van der Waals surface area (Å²) in [6.45, 7) is 9.68. The fraction of sp³-hybridized carbons (Fsp3) is 0.647. The molecule has 0 aliphatic carbocycles. The van der Waals surface area contributed by atoms with E-state index in [1.165, 1.54) is 0 Å². The van der Waals surface area contributed by atoms with Gasteiger partial charge in [-0.05, 0) is 17.5 Å². The number of aromatic nitrogens is 1. The van der Waals surface area contributed by atoms with Crippen LogP contribution in [0.4, 0.5) is 10.6 Å². The number of ether oxygens (including phenoxy) is 1. The van der Waals surface area contributed by atoms with E-state index in [9.17, 15) is 4.79 Å². The second-order valence-corrected chi connectivity index (χ2v) is 7.52. The van der Waals surface area contributed by atoms with Crippen molar-refractivity contribution >= 4 is 23.4 Å². The van der Waals surface area contributed by atoms with Gasteiger partial charge in [0.05, 0.1) is 11.1 Å². The normalized spacial score (nSPS) is 16.9. The molecule has 1 aromatic rings. The monoisotopic (exact) mass is 354 g/mol. The first-order valence-corrected chi connectivity index (χ1v) is 8.61. The molecule has 7 heteroatoms. The van der Waals surface area contributed by atoms with Gasteiger partial charge in [-0.15, -0.1) is 0 Å². The Morgan fingerprint density at radius 1 is 1.33 bits per heavy atom. The second kappa shape index (κ2) is 8.03. The Morgan fingerprint density at radius 3 is 2.50 bits per heavy atom. The number of methoxy groups -OCH3 is 1. The van der Waals surface area contributed by atoms with Crippen molar-refractivity contribution < 1.29 is 9.53 Å². The molecule has 1 atom stereocenters. The van der Waals surface area contributed by atoms with E-state index < -0.39 is 0 Å². The molecule has 0 unspecified atom stereocenters. The fourth-order valence-electron chi connectivity index (χ4n) is 2.73. The van der Waals surface area contributed by atoms with Crippen LogP contribution in [0.15, 0.2) is 18.3 Å². The highest BCUT2D eigenvalue weighted by molar-refractivity contribution is 6.30. The van der Waals surface area contributed by atoms with E-state index in [0.717, 1.165) is 18.9 Å². The SMILES string of the molecule is CO[C@H](CNC(=O)N1CCN(c2ccc(Cl)cn2)CC1)C(C)(C)C. The molecule has 1 saturated heterocycles. The van der Waals surface area contributed by atoms with Crippen LogP contribution < -0.4 is 10.2 Å². The lowest BCUT2D eigenvalue weighted by molar-refractivity contribution is 0.0185. The highest BCUT2D eigenvalue weighted by Crippen LogP contribution is 2.21. The molecule has 6 nitrogen and oxygen atoms in total. The van der Waals surface area contributed by atoms with Crippen molar-refractivity contribution in [2.24, 2.45) is 5.41 Å². The molecule has 2 amide bonds. The van der Waals surface area contributed by atoms with Crippen LogP contribution in [0.3, 0.4) is 0 Å². The number of nitrogens with one attached hydrogen (secondary N) is 1. The van der Waals surface area contributed by atoms with Gasteiger partial charge in [0.2, 0.25) is 0 Å². The van der Waals surface area contributed by atoms with E-state index in [-0.39, 0.29) is 17.6 Å². The van der Waals surface area contributed by atoms with Gasteiger partial charge in [0.25, 0.3) is 0 Å². The number of piperazine rings is 1. The molecule has 1 fully saturated rings. The van der Waals surface area contributed by atoms with Crippen LogP contribution in [0, 0.1) is 5.41 Å². The summed E-state index contributed by atoms with van der Waals surface area (Å²) >= 11 is 5.87. The van der Waals surface area contributed by atoms with Gasteiger partial charge < -0.3 is 19.9 Å². The lowest BCUT2D eigenvalue weighted by atomic mass is 9.89. The summed E-state index contributed by atoms with van der Waals surface area (Å²) in [5.74, 6) is 0.895. The third kappa shape index (κ3) is 4.98. The minimum Gasteiger partial charge on any atom is -0.379 e. The molecule has 2 heterocycles. The van der Waals surface area contributed by atoms with Gasteiger partial charge in [-0.1, -0.05) is 32.4 Å². The molecule has 0 bridgehead atoms. The maximum Gasteiger partial charge on any atom is 0.317 e. The molecule has 24 heavy (non-hydrogen) atoms. The molecule has 1 aliphatic rings. The Kier molecular flexibility index (Phi) is 6.29. The van der Waals surface area contributed by atoms with Gasteiger partial charge in [0.15, 0.2) is 0 Å². The number of hydrogen-bond acceptors (Lipinski definition) is 4. The molecule has 0 saturated carbocycles. The molecule has 2 rings (SSSR count). The third-order valence-electron chi connectivity index (χ3n) is 4.29. The van der Waals surface area contributed by atoms with Crippen molar-refractivity contribution in [2.45, 2.75) is 26.9 Å². The highest BCUT2D eigenvalue weighted by Gasteiger charge is 2.27. The zero-order chi connectivity index (χ0) is 17.7. The summed E-state index contributed by atoms with van der Waals surface area (Å²) in [4.78, 5) is 20.7. The maximum atomic E-state index is 12.3. The Hall–Kier alpha value is -1.53. The quantitative estimate of drug-likeness (QED) is 0.903. The van der Waals surface area contributed by atoms with Crippen LogP contribution in [-0.4, -0.2) is 61.9 Å². The van der Waals surface area contributed by atoms with Crippen LogP contribution in [0.5, 0.6) is 0 Å². The minimum absolute atomic E-state index is 0.0129. The van der Waals surface area contributed by atoms with Crippen LogP contribution in [0.1, 0.15) is 20.8 Å². The number of carbonyl (C=O) groups is 1. The van der Waals surface area contributed by atoms with E-state index in [1.54, 1.807) is 13.3 Å². The first kappa shape index (κ1) is 18.8. The first-order chi connectivity index (χ1) is 11.3. The van der Waals surface area contributed by atoms with Crippen molar-refractivity contribution in [3.63, 3.8) is 0 Å². The number of hydrogen-bond donors (Lipinski definition) is 1. The van der Waals surface area contributed by atoms with E-state index >= 15 is 0 Å². The number of anilines is 1. The van der Waals surface area contributed by atoms with Crippen molar-refractivity contribution in [1.82, 2.24) is 15.2 Å². The van der Waals surface area contributed by atoms with Gasteiger partial charge in [0, 0.05) is 46.0 Å². The van der Waals surface area contributed by atoms with Crippen LogP contribution in [-0.2, 0) is 4.74 Å². The summed E-state index contributed by atoms with van der Waals surface area (Å²) in [5, 5.41) is 3.61. The molecular formula is C17H27ClN4O2.